The van der Waals surface area contributed by atoms with Crippen molar-refractivity contribution in [3.63, 3.8) is 0 Å². The molecule has 0 spiro atoms. The van der Waals surface area contributed by atoms with E-state index in [0.29, 0.717) is 12.8 Å². The molecule has 18 unspecified atom stereocenters. The Kier molecular flexibility index (Phi) is 15.2. The number of aliphatic hydroxyl groups is 9. The molecular weight excluding hydrogens is 644 g/mol. The molecule has 21 N–H and O–H groups in total. The van der Waals surface area contributed by atoms with E-state index >= 15 is 0 Å². The highest BCUT2D eigenvalue weighted by Gasteiger charge is 2.51. The molecule has 21 nitrogen and oxygen atoms in total. The molecule has 0 aromatic rings. The molecule has 3 aliphatic rings. The van der Waals surface area contributed by atoms with Crippen molar-refractivity contribution in [2.75, 3.05) is 19.8 Å². The molecule has 3 rings (SSSR count). The van der Waals surface area contributed by atoms with Crippen LogP contribution >= 0.6 is 0 Å². The van der Waals surface area contributed by atoms with Gasteiger partial charge in [0.2, 0.25) is 0 Å². The van der Waals surface area contributed by atoms with Crippen LogP contribution in [0.4, 0.5) is 0 Å². The Morgan fingerprint density at radius 1 is 0.833 bits per heavy atom. The zero-order valence-electron chi connectivity index (χ0n) is 26.7. The minimum atomic E-state index is -2.09. The summed E-state index contributed by atoms with van der Waals surface area (Å²) in [7, 11) is 0. The van der Waals surface area contributed by atoms with E-state index in [1.165, 1.54) is 0 Å². The largest absolute Gasteiger partial charge is 0.394 e. The highest BCUT2D eigenvalue weighted by molar-refractivity contribution is 5.85. The molecule has 21 heteroatoms. The fraction of sp³-hybridized carbons (Fsp3) is 0.926. The first-order valence-electron chi connectivity index (χ1n) is 15.8. The van der Waals surface area contributed by atoms with Crippen molar-refractivity contribution in [3.8, 4) is 0 Å². The molecule has 18 atom stereocenters. The van der Waals surface area contributed by atoms with Crippen LogP contribution in [-0.4, -0.2) is 187 Å². The average Bonchev–Trinajstić information content (AvgIpc) is 3.06. The average molecular weight is 699 g/mol. The Labute approximate surface area is 277 Å². The van der Waals surface area contributed by atoms with Gasteiger partial charge in [-0.25, -0.2) is 0 Å². The Balaban J connectivity index is 1.88. The van der Waals surface area contributed by atoms with E-state index in [-0.39, 0.29) is 18.8 Å². The Morgan fingerprint density at radius 3 is 2.08 bits per heavy atom. The zero-order chi connectivity index (χ0) is 36.0. The third-order valence-electron chi connectivity index (χ3n) is 8.82. The summed E-state index contributed by atoms with van der Waals surface area (Å²) in [5, 5.41) is 92.0. The van der Waals surface area contributed by atoms with Gasteiger partial charge < -0.3 is 99.3 Å². The Bertz CT molecular complexity index is 1060. The van der Waals surface area contributed by atoms with E-state index in [1.54, 1.807) is 6.92 Å². The van der Waals surface area contributed by atoms with Crippen molar-refractivity contribution in [1.82, 2.24) is 0 Å². The number of aliphatic hydroxyl groups excluding tert-OH is 9. The van der Waals surface area contributed by atoms with Gasteiger partial charge in [-0.3, -0.25) is 9.98 Å². The van der Waals surface area contributed by atoms with Gasteiger partial charge in [-0.2, -0.15) is 0 Å². The number of nitrogens with two attached hydrogens (primary N) is 6. The molecule has 48 heavy (non-hydrogen) atoms. The normalized spacial score (nSPS) is 41.8. The smallest absolute Gasteiger partial charge is 0.186 e. The molecule has 0 aromatic carbocycles. The van der Waals surface area contributed by atoms with Crippen molar-refractivity contribution >= 4 is 11.7 Å². The zero-order valence-corrected chi connectivity index (χ0v) is 26.7. The molecule has 2 saturated heterocycles. The van der Waals surface area contributed by atoms with Crippen molar-refractivity contribution < 1.29 is 64.9 Å². The second-order valence-electron chi connectivity index (χ2n) is 12.6. The molecule has 1 aliphatic carbocycles. The van der Waals surface area contributed by atoms with E-state index in [0.717, 1.165) is 0 Å². The monoisotopic (exact) mass is 698 g/mol. The van der Waals surface area contributed by atoms with Crippen LogP contribution in [-0.2, 0) is 18.9 Å². The lowest BCUT2D eigenvalue weighted by Crippen LogP contribution is -2.66. The van der Waals surface area contributed by atoms with Gasteiger partial charge in [-0.1, -0.05) is 0 Å². The standard InChI is InChI=1S/C27H54N8O13/c1-8(28)24(32)34-5-9-2-3-10(29)26(45-9)47-22-11(30)4-12(35-25(33)20(43)19(42)16(39)13(38)6-36)23(21(22)44)48-27-18(41)15(31)17(40)14(7-37)46-27/h8-23,26-27,36-44H,2-7,28-31H2,1H3,(H2,32,34)(H2,33,35). The predicted octanol–water partition coefficient (Wildman–Crippen LogP) is -8.69. The number of nitrogens with zero attached hydrogens (tertiary/aromatic N) is 2. The van der Waals surface area contributed by atoms with E-state index in [4.69, 9.17) is 58.5 Å². The maximum absolute atomic E-state index is 11.6. The Morgan fingerprint density at radius 2 is 1.48 bits per heavy atom. The third kappa shape index (κ3) is 9.73. The number of ether oxygens (including phenoxy) is 4. The maximum Gasteiger partial charge on any atom is 0.186 e. The van der Waals surface area contributed by atoms with Gasteiger partial charge in [0.15, 0.2) is 12.6 Å². The van der Waals surface area contributed by atoms with Gasteiger partial charge in [0.1, 0.15) is 72.7 Å². The quantitative estimate of drug-likeness (QED) is 0.0591. The van der Waals surface area contributed by atoms with Crippen LogP contribution < -0.4 is 34.4 Å². The molecule has 0 radical (unpaired) electrons. The van der Waals surface area contributed by atoms with Gasteiger partial charge in [0.05, 0.1) is 50.0 Å². The first kappa shape index (κ1) is 40.7. The van der Waals surface area contributed by atoms with E-state index in [2.05, 4.69) is 9.98 Å². The molecule has 3 fully saturated rings. The summed E-state index contributed by atoms with van der Waals surface area (Å²) in [4.78, 5) is 8.43. The second kappa shape index (κ2) is 18.0. The summed E-state index contributed by atoms with van der Waals surface area (Å²) in [5.74, 6) is -0.428. The summed E-state index contributed by atoms with van der Waals surface area (Å²) in [6, 6.07) is -4.65. The number of aliphatic imine (C=N–C) groups is 2. The molecule has 2 aliphatic heterocycles. The summed E-state index contributed by atoms with van der Waals surface area (Å²) < 4.78 is 23.6. The van der Waals surface area contributed by atoms with Crippen LogP contribution in [0.2, 0.25) is 0 Å². The lowest BCUT2D eigenvalue weighted by atomic mass is 9.83. The van der Waals surface area contributed by atoms with E-state index in [1.807, 2.05) is 0 Å². The minimum Gasteiger partial charge on any atom is -0.394 e. The topological polar surface area (TPSA) is 400 Å². The summed E-state index contributed by atoms with van der Waals surface area (Å²) >= 11 is 0. The van der Waals surface area contributed by atoms with Gasteiger partial charge in [0.25, 0.3) is 0 Å². The van der Waals surface area contributed by atoms with Crippen molar-refractivity contribution in [2.45, 2.75) is 136 Å². The van der Waals surface area contributed by atoms with Gasteiger partial charge in [-0.15, -0.1) is 0 Å². The van der Waals surface area contributed by atoms with Crippen LogP contribution in [0.1, 0.15) is 26.2 Å². The molecule has 2 heterocycles. The first-order chi connectivity index (χ1) is 22.5. The third-order valence-corrected chi connectivity index (χ3v) is 8.82. The van der Waals surface area contributed by atoms with Crippen LogP contribution in [0.15, 0.2) is 9.98 Å². The van der Waals surface area contributed by atoms with Gasteiger partial charge in [-0.05, 0) is 26.2 Å². The van der Waals surface area contributed by atoms with E-state index < -0.39 is 129 Å². The molecular formula is C27H54N8O13. The molecule has 0 aromatic heterocycles. The Hall–Kier alpha value is -1.74. The number of hydrogen-bond acceptors (Lipinski definition) is 19. The molecule has 0 amide bonds. The van der Waals surface area contributed by atoms with Crippen molar-refractivity contribution in [1.29, 1.82) is 0 Å². The summed E-state index contributed by atoms with van der Waals surface area (Å²) in [5.41, 5.74) is 36.2. The highest BCUT2D eigenvalue weighted by Crippen LogP contribution is 2.33. The van der Waals surface area contributed by atoms with Crippen LogP contribution in [0, 0.1) is 0 Å². The predicted molar refractivity (Wildman–Crippen MR) is 167 cm³/mol. The van der Waals surface area contributed by atoms with Crippen LogP contribution in [0.5, 0.6) is 0 Å². The van der Waals surface area contributed by atoms with Gasteiger partial charge >= 0.3 is 0 Å². The lowest BCUT2D eigenvalue weighted by molar-refractivity contribution is -0.312. The minimum absolute atomic E-state index is 0.154. The second-order valence-corrected chi connectivity index (χ2v) is 12.6. The SMILES string of the molecule is CC(N)C(N)=NCC1CCC(N)C(OC2C(N)CC(N=C(N)C(O)C(O)C(O)C(O)CO)C(OC3OC(CO)C(O)C(N)C3O)C2O)O1. The summed E-state index contributed by atoms with van der Waals surface area (Å²) in [6.07, 6.45) is -19.1. The lowest BCUT2D eigenvalue weighted by Gasteiger charge is -2.47. The fourth-order valence-electron chi connectivity index (χ4n) is 5.69. The first-order valence-corrected chi connectivity index (χ1v) is 15.8. The number of hydrogen-bond donors (Lipinski definition) is 15. The fourth-order valence-corrected chi connectivity index (χ4v) is 5.69. The number of rotatable bonds is 14. The summed E-state index contributed by atoms with van der Waals surface area (Å²) in [6.45, 7) is 0.239. The van der Waals surface area contributed by atoms with Crippen molar-refractivity contribution in [3.05, 3.63) is 0 Å². The number of amidine groups is 2. The van der Waals surface area contributed by atoms with Crippen LogP contribution in [0.3, 0.4) is 0 Å². The molecule has 280 valence electrons. The van der Waals surface area contributed by atoms with Gasteiger partial charge in [0, 0.05) is 6.04 Å². The molecule has 0 bridgehead atoms. The highest BCUT2D eigenvalue weighted by atomic mass is 16.7. The van der Waals surface area contributed by atoms with Crippen molar-refractivity contribution in [2.24, 2.45) is 44.4 Å². The van der Waals surface area contributed by atoms with Crippen LogP contribution in [0.25, 0.3) is 0 Å². The molecule has 1 saturated carbocycles. The van der Waals surface area contributed by atoms with E-state index in [9.17, 15) is 40.9 Å². The maximum atomic E-state index is 11.6.